The number of non-ortho nitro benzene ring substituents is 1. The number of anilines is 1. The zero-order valence-corrected chi connectivity index (χ0v) is 19.8. The Morgan fingerprint density at radius 3 is 2.63 bits per heavy atom. The van der Waals surface area contributed by atoms with Crippen molar-refractivity contribution in [3.05, 3.63) is 79.7 Å². The Labute approximate surface area is 205 Å². The molecule has 0 spiro atoms. The molecule has 0 saturated carbocycles. The topological polar surface area (TPSA) is 120 Å². The van der Waals surface area contributed by atoms with Crippen LogP contribution in [0.5, 0.6) is 11.5 Å². The lowest BCUT2D eigenvalue weighted by Crippen LogP contribution is -2.38. The number of aryl methyl sites for hydroxylation is 1. The summed E-state index contributed by atoms with van der Waals surface area (Å²) in [5, 5.41) is 18.2. The van der Waals surface area contributed by atoms with E-state index in [9.17, 15) is 19.7 Å². The van der Waals surface area contributed by atoms with E-state index in [0.717, 1.165) is 41.8 Å². The Balaban J connectivity index is 1.37. The fraction of sp³-hybridized carbons (Fsp3) is 0.280. The molecule has 2 heterocycles. The second-order valence-corrected chi connectivity index (χ2v) is 9.40. The van der Waals surface area contributed by atoms with Gasteiger partial charge in [-0.05, 0) is 68.0 Å². The minimum atomic E-state index is -0.661. The first-order valence-electron chi connectivity index (χ1n) is 11.4. The van der Waals surface area contributed by atoms with Crippen molar-refractivity contribution in [2.75, 3.05) is 11.9 Å². The quantitative estimate of drug-likeness (QED) is 0.214. The molecule has 3 aromatic rings. The largest absolute Gasteiger partial charge is 0.490 e. The van der Waals surface area contributed by atoms with Crippen LogP contribution in [0.1, 0.15) is 62.7 Å². The summed E-state index contributed by atoms with van der Waals surface area (Å²) < 4.78 is 11.2. The molecule has 35 heavy (non-hydrogen) atoms. The highest BCUT2D eigenvalue weighted by Gasteiger charge is 2.32. The molecule has 0 fully saturated rings. The molecule has 2 N–H and O–H groups in total. The third kappa shape index (κ3) is 4.44. The number of hydrogen-bond acceptors (Lipinski definition) is 8. The first kappa shape index (κ1) is 22.9. The number of hydrogen-bond donors (Lipinski definition) is 2. The summed E-state index contributed by atoms with van der Waals surface area (Å²) in [4.78, 5) is 37.1. The highest BCUT2D eigenvalue weighted by molar-refractivity contribution is 7.16. The Morgan fingerprint density at radius 2 is 1.89 bits per heavy atom. The third-order valence-corrected chi connectivity index (χ3v) is 7.29. The van der Waals surface area contributed by atoms with Crippen molar-refractivity contribution < 1.29 is 24.0 Å². The predicted molar refractivity (Wildman–Crippen MR) is 130 cm³/mol. The van der Waals surface area contributed by atoms with Gasteiger partial charge in [0.2, 0.25) is 0 Å². The molecule has 1 amide bonds. The summed E-state index contributed by atoms with van der Waals surface area (Å²) in [6, 6.07) is 10.3. The Bertz CT molecular complexity index is 1320. The van der Waals surface area contributed by atoms with Crippen LogP contribution in [0, 0.1) is 10.1 Å². The standard InChI is InChI=1S/C25H23N3O6S/c1-2-33-19-13-15(9-12-18(19)34-25(30)14-7-10-16(11-8-14)28(31)32)22-26-23(29)21-17-5-3-4-6-20(17)35-24(21)27-22/h7-13,22,27H,2-6H2,1H3,(H,26,29)/t22-/m0/s1. The molecule has 2 aliphatic rings. The first-order valence-corrected chi connectivity index (χ1v) is 12.2. The van der Waals surface area contributed by atoms with E-state index in [1.54, 1.807) is 29.5 Å². The molecule has 9 nitrogen and oxygen atoms in total. The highest BCUT2D eigenvalue weighted by atomic mass is 32.1. The van der Waals surface area contributed by atoms with E-state index in [1.165, 1.54) is 34.7 Å². The van der Waals surface area contributed by atoms with E-state index in [1.807, 2.05) is 6.92 Å². The minimum Gasteiger partial charge on any atom is -0.490 e. The van der Waals surface area contributed by atoms with Crippen molar-refractivity contribution in [2.24, 2.45) is 0 Å². The number of fused-ring (bicyclic) bond motifs is 3. The van der Waals surface area contributed by atoms with Crippen molar-refractivity contribution in [2.45, 2.75) is 38.8 Å². The van der Waals surface area contributed by atoms with Gasteiger partial charge in [-0.1, -0.05) is 6.07 Å². The van der Waals surface area contributed by atoms with Crippen LogP contribution < -0.4 is 20.1 Å². The van der Waals surface area contributed by atoms with Crippen molar-refractivity contribution >= 4 is 33.9 Å². The zero-order chi connectivity index (χ0) is 24.5. The number of amides is 1. The third-order valence-electron chi connectivity index (χ3n) is 6.07. The second kappa shape index (κ2) is 9.38. The van der Waals surface area contributed by atoms with Crippen molar-refractivity contribution in [1.29, 1.82) is 0 Å². The molecule has 0 saturated heterocycles. The minimum absolute atomic E-state index is 0.0882. The smallest absolute Gasteiger partial charge is 0.343 e. The molecule has 5 rings (SSSR count). The summed E-state index contributed by atoms with van der Waals surface area (Å²) in [6.07, 6.45) is 3.74. The lowest BCUT2D eigenvalue weighted by atomic mass is 9.94. The van der Waals surface area contributed by atoms with Gasteiger partial charge in [0.1, 0.15) is 11.2 Å². The van der Waals surface area contributed by atoms with E-state index < -0.39 is 17.1 Å². The van der Waals surface area contributed by atoms with Gasteiger partial charge in [-0.3, -0.25) is 14.9 Å². The summed E-state index contributed by atoms with van der Waals surface area (Å²) >= 11 is 1.65. The number of thiophene rings is 1. The average Bonchev–Trinajstić information content (AvgIpc) is 3.24. The number of rotatable bonds is 6. The number of nitrogens with one attached hydrogen (secondary N) is 2. The summed E-state index contributed by atoms with van der Waals surface area (Å²) in [5.74, 6) is -0.178. The van der Waals surface area contributed by atoms with Crippen LogP contribution in [0.25, 0.3) is 0 Å². The number of nitrogens with zero attached hydrogens (tertiary/aromatic N) is 1. The molecule has 180 valence electrons. The summed E-state index contributed by atoms with van der Waals surface area (Å²) in [6.45, 7) is 2.16. The van der Waals surface area contributed by atoms with Crippen LogP contribution in [0.4, 0.5) is 10.7 Å². The number of esters is 1. The molecular formula is C25H23N3O6S. The van der Waals surface area contributed by atoms with E-state index in [4.69, 9.17) is 9.47 Å². The average molecular weight is 494 g/mol. The maximum Gasteiger partial charge on any atom is 0.343 e. The van der Waals surface area contributed by atoms with Gasteiger partial charge in [0.15, 0.2) is 11.5 Å². The summed E-state index contributed by atoms with van der Waals surface area (Å²) in [5.41, 5.74) is 2.76. The molecular weight excluding hydrogens is 470 g/mol. The van der Waals surface area contributed by atoms with Crippen LogP contribution in [0.3, 0.4) is 0 Å². The Morgan fingerprint density at radius 1 is 1.11 bits per heavy atom. The lowest BCUT2D eigenvalue weighted by Gasteiger charge is -2.27. The molecule has 10 heteroatoms. The molecule has 1 atom stereocenters. The van der Waals surface area contributed by atoms with E-state index in [-0.39, 0.29) is 22.9 Å². The van der Waals surface area contributed by atoms with Gasteiger partial charge in [-0.15, -0.1) is 11.3 Å². The first-order chi connectivity index (χ1) is 16.9. The van der Waals surface area contributed by atoms with Crippen molar-refractivity contribution in [3.8, 4) is 11.5 Å². The van der Waals surface area contributed by atoms with Crippen LogP contribution in [0.15, 0.2) is 42.5 Å². The SMILES string of the molecule is CCOc1cc([C@H]2NC(=O)c3c(sc4c3CCCC4)N2)ccc1OC(=O)c1ccc([N+](=O)[O-])cc1. The number of ether oxygens (including phenoxy) is 2. The Kier molecular flexibility index (Phi) is 6.12. The molecule has 0 unspecified atom stereocenters. The number of carbonyl (C=O) groups excluding carboxylic acids is 2. The fourth-order valence-corrected chi connectivity index (χ4v) is 5.69. The molecule has 2 aromatic carbocycles. The van der Waals surface area contributed by atoms with E-state index >= 15 is 0 Å². The molecule has 1 aliphatic heterocycles. The summed E-state index contributed by atoms with van der Waals surface area (Å²) in [7, 11) is 0. The highest BCUT2D eigenvalue weighted by Crippen LogP contribution is 2.42. The van der Waals surface area contributed by atoms with Crippen molar-refractivity contribution in [3.63, 3.8) is 0 Å². The maximum atomic E-state index is 13.0. The van der Waals surface area contributed by atoms with Crippen LogP contribution in [0.2, 0.25) is 0 Å². The fourth-order valence-electron chi connectivity index (χ4n) is 4.38. The number of nitro benzene ring substituents is 1. The molecule has 0 radical (unpaired) electrons. The number of carbonyl (C=O) groups is 2. The number of benzene rings is 2. The van der Waals surface area contributed by atoms with Gasteiger partial charge < -0.3 is 20.1 Å². The zero-order valence-electron chi connectivity index (χ0n) is 19.0. The second-order valence-electron chi connectivity index (χ2n) is 8.30. The molecule has 1 aliphatic carbocycles. The predicted octanol–water partition coefficient (Wildman–Crippen LogP) is 5.01. The molecule has 1 aromatic heterocycles. The monoisotopic (exact) mass is 493 g/mol. The van der Waals surface area contributed by atoms with Gasteiger partial charge in [0.25, 0.3) is 11.6 Å². The van der Waals surface area contributed by atoms with Crippen LogP contribution in [-0.2, 0) is 12.8 Å². The van der Waals surface area contributed by atoms with Crippen LogP contribution in [-0.4, -0.2) is 23.4 Å². The molecule has 0 bridgehead atoms. The van der Waals surface area contributed by atoms with Gasteiger partial charge in [-0.25, -0.2) is 4.79 Å². The van der Waals surface area contributed by atoms with E-state index in [0.29, 0.717) is 12.4 Å². The van der Waals surface area contributed by atoms with E-state index in [2.05, 4.69) is 10.6 Å². The maximum absolute atomic E-state index is 13.0. The number of nitro groups is 1. The normalized spacial score (nSPS) is 16.4. The van der Waals surface area contributed by atoms with Gasteiger partial charge in [-0.2, -0.15) is 0 Å². The van der Waals surface area contributed by atoms with Crippen LogP contribution >= 0.6 is 11.3 Å². The van der Waals surface area contributed by atoms with Gasteiger partial charge in [0.05, 0.1) is 22.7 Å². The lowest BCUT2D eigenvalue weighted by molar-refractivity contribution is -0.384. The van der Waals surface area contributed by atoms with Crippen molar-refractivity contribution in [1.82, 2.24) is 5.32 Å². The van der Waals surface area contributed by atoms with Gasteiger partial charge >= 0.3 is 5.97 Å². The van der Waals surface area contributed by atoms with Gasteiger partial charge in [0, 0.05) is 17.0 Å². The Hall–Kier alpha value is -3.92.